The molecule has 0 bridgehead atoms. The summed E-state index contributed by atoms with van der Waals surface area (Å²) >= 11 is 3.34. The van der Waals surface area contributed by atoms with Gasteiger partial charge in [-0.1, -0.05) is 12.1 Å². The predicted octanol–water partition coefficient (Wildman–Crippen LogP) is 3.65. The van der Waals surface area contributed by atoms with E-state index < -0.39 is 10.0 Å². The van der Waals surface area contributed by atoms with Crippen LogP contribution in [0.25, 0.3) is 11.0 Å². The lowest BCUT2D eigenvalue weighted by Gasteiger charge is -2.18. The molecule has 0 saturated heterocycles. The summed E-state index contributed by atoms with van der Waals surface area (Å²) in [7, 11) is -0.553. The molecular formula is C18H20BrN3O3S. The number of halogens is 1. The summed E-state index contributed by atoms with van der Waals surface area (Å²) in [5.41, 5.74) is 1.87. The van der Waals surface area contributed by atoms with Gasteiger partial charge in [0.05, 0.1) is 34.1 Å². The van der Waals surface area contributed by atoms with Crippen molar-refractivity contribution in [3.8, 4) is 5.75 Å². The quantitative estimate of drug-likeness (QED) is 0.590. The number of aryl methyl sites for hydroxylation is 1. The summed E-state index contributed by atoms with van der Waals surface area (Å²) < 4.78 is 35.0. The molecule has 0 aliphatic heterocycles. The summed E-state index contributed by atoms with van der Waals surface area (Å²) in [6, 6.07) is 12.5. The molecule has 0 aliphatic carbocycles. The van der Waals surface area contributed by atoms with Crippen LogP contribution in [0.2, 0.25) is 0 Å². The van der Waals surface area contributed by atoms with Crippen molar-refractivity contribution in [3.05, 3.63) is 52.8 Å². The SMILES string of the molecule is CCn1c(CN(C)S(=O)(=O)c2ccc(OC)c(Br)c2)nc2ccccc21. The fraction of sp³-hybridized carbons (Fsp3) is 0.278. The molecule has 3 aromatic rings. The second kappa shape index (κ2) is 7.38. The van der Waals surface area contributed by atoms with E-state index in [-0.39, 0.29) is 11.4 Å². The molecule has 8 heteroatoms. The van der Waals surface area contributed by atoms with Crippen LogP contribution in [0.3, 0.4) is 0 Å². The zero-order valence-electron chi connectivity index (χ0n) is 14.8. The lowest BCUT2D eigenvalue weighted by Crippen LogP contribution is -2.28. The molecular weight excluding hydrogens is 418 g/mol. The third-order valence-corrected chi connectivity index (χ3v) is 6.66. The van der Waals surface area contributed by atoms with Crippen LogP contribution in [0.1, 0.15) is 12.7 Å². The van der Waals surface area contributed by atoms with Crippen LogP contribution in [0.15, 0.2) is 51.8 Å². The Bertz CT molecular complexity index is 1050. The molecule has 3 rings (SSSR count). The molecule has 0 aliphatic rings. The number of ether oxygens (including phenoxy) is 1. The smallest absolute Gasteiger partial charge is 0.243 e. The van der Waals surface area contributed by atoms with E-state index >= 15 is 0 Å². The van der Waals surface area contributed by atoms with Gasteiger partial charge in [-0.15, -0.1) is 0 Å². The molecule has 2 aromatic carbocycles. The van der Waals surface area contributed by atoms with E-state index in [9.17, 15) is 8.42 Å². The fourth-order valence-corrected chi connectivity index (χ4v) is 4.71. The van der Waals surface area contributed by atoms with Gasteiger partial charge in [0.2, 0.25) is 10.0 Å². The van der Waals surface area contributed by atoms with Crippen molar-refractivity contribution in [1.82, 2.24) is 13.9 Å². The van der Waals surface area contributed by atoms with Gasteiger partial charge in [0, 0.05) is 13.6 Å². The predicted molar refractivity (Wildman–Crippen MR) is 105 cm³/mol. The summed E-state index contributed by atoms with van der Waals surface area (Å²) in [5, 5.41) is 0. The van der Waals surface area contributed by atoms with Gasteiger partial charge in [-0.2, -0.15) is 4.31 Å². The van der Waals surface area contributed by atoms with E-state index in [1.807, 2.05) is 35.8 Å². The lowest BCUT2D eigenvalue weighted by molar-refractivity contribution is 0.411. The topological polar surface area (TPSA) is 64.4 Å². The first-order chi connectivity index (χ1) is 12.4. The Morgan fingerprint density at radius 2 is 1.96 bits per heavy atom. The maximum atomic E-state index is 12.9. The Morgan fingerprint density at radius 3 is 2.62 bits per heavy atom. The molecule has 0 amide bonds. The van der Waals surface area contributed by atoms with E-state index in [1.54, 1.807) is 19.2 Å². The van der Waals surface area contributed by atoms with E-state index in [0.29, 0.717) is 16.0 Å². The highest BCUT2D eigenvalue weighted by Gasteiger charge is 2.24. The average molecular weight is 438 g/mol. The molecule has 1 heterocycles. The zero-order valence-corrected chi connectivity index (χ0v) is 17.2. The van der Waals surface area contributed by atoms with Crippen molar-refractivity contribution in [2.24, 2.45) is 0 Å². The van der Waals surface area contributed by atoms with Gasteiger partial charge in [-0.05, 0) is 53.2 Å². The normalized spacial score (nSPS) is 12.0. The molecule has 1 aromatic heterocycles. The van der Waals surface area contributed by atoms with Crippen LogP contribution < -0.4 is 4.74 Å². The summed E-state index contributed by atoms with van der Waals surface area (Å²) in [6.45, 7) is 2.93. The van der Waals surface area contributed by atoms with Gasteiger partial charge in [0.25, 0.3) is 0 Å². The van der Waals surface area contributed by atoms with Crippen molar-refractivity contribution in [3.63, 3.8) is 0 Å². The van der Waals surface area contributed by atoms with Gasteiger partial charge < -0.3 is 9.30 Å². The van der Waals surface area contributed by atoms with Crippen molar-refractivity contribution in [2.45, 2.75) is 24.9 Å². The third kappa shape index (κ3) is 3.36. The number of para-hydroxylation sites is 2. The van der Waals surface area contributed by atoms with Crippen molar-refractivity contribution >= 4 is 37.0 Å². The Labute approximate surface area is 161 Å². The molecule has 26 heavy (non-hydrogen) atoms. The average Bonchev–Trinajstić information content (AvgIpc) is 2.98. The van der Waals surface area contributed by atoms with Crippen LogP contribution in [0.4, 0.5) is 0 Å². The van der Waals surface area contributed by atoms with Gasteiger partial charge in [-0.3, -0.25) is 0 Å². The van der Waals surface area contributed by atoms with Crippen LogP contribution >= 0.6 is 15.9 Å². The maximum absolute atomic E-state index is 12.9. The number of hydrogen-bond acceptors (Lipinski definition) is 4. The highest BCUT2D eigenvalue weighted by Crippen LogP contribution is 2.29. The molecule has 0 N–H and O–H groups in total. The summed E-state index contributed by atoms with van der Waals surface area (Å²) in [5.74, 6) is 1.30. The molecule has 0 atom stereocenters. The largest absolute Gasteiger partial charge is 0.496 e. The monoisotopic (exact) mass is 437 g/mol. The number of hydrogen-bond donors (Lipinski definition) is 0. The number of fused-ring (bicyclic) bond motifs is 1. The zero-order chi connectivity index (χ0) is 18.9. The summed E-state index contributed by atoms with van der Waals surface area (Å²) in [4.78, 5) is 4.80. The molecule has 0 unspecified atom stereocenters. The fourth-order valence-electron chi connectivity index (χ4n) is 2.87. The van der Waals surface area contributed by atoms with Gasteiger partial charge in [0.15, 0.2) is 0 Å². The van der Waals surface area contributed by atoms with E-state index in [0.717, 1.165) is 17.6 Å². The van der Waals surface area contributed by atoms with E-state index in [4.69, 9.17) is 4.74 Å². The summed E-state index contributed by atoms with van der Waals surface area (Å²) in [6.07, 6.45) is 0. The lowest BCUT2D eigenvalue weighted by atomic mass is 10.3. The Morgan fingerprint density at radius 1 is 1.23 bits per heavy atom. The second-order valence-corrected chi connectivity index (χ2v) is 8.72. The van der Waals surface area contributed by atoms with E-state index in [1.165, 1.54) is 17.5 Å². The Hall–Kier alpha value is -1.90. The van der Waals surface area contributed by atoms with Gasteiger partial charge >= 0.3 is 0 Å². The second-order valence-electron chi connectivity index (χ2n) is 5.82. The minimum atomic E-state index is -3.65. The van der Waals surface area contributed by atoms with Crippen molar-refractivity contribution in [1.29, 1.82) is 0 Å². The molecule has 6 nitrogen and oxygen atoms in total. The highest BCUT2D eigenvalue weighted by molar-refractivity contribution is 9.10. The molecule has 0 fully saturated rings. The first-order valence-electron chi connectivity index (χ1n) is 8.12. The standard InChI is InChI=1S/C18H20BrN3O3S/c1-4-22-16-8-6-5-7-15(16)20-18(22)12-21(2)26(23,24)13-9-10-17(25-3)14(19)11-13/h5-11H,4,12H2,1-3H3. The molecule has 0 saturated carbocycles. The molecule has 0 radical (unpaired) electrons. The minimum Gasteiger partial charge on any atom is -0.496 e. The third-order valence-electron chi connectivity index (χ3n) is 4.25. The van der Waals surface area contributed by atoms with Crippen molar-refractivity contribution < 1.29 is 13.2 Å². The van der Waals surface area contributed by atoms with Crippen molar-refractivity contribution in [2.75, 3.05) is 14.2 Å². The Balaban J connectivity index is 1.94. The first kappa shape index (κ1) is 18.9. The maximum Gasteiger partial charge on any atom is 0.243 e. The Kier molecular flexibility index (Phi) is 5.36. The van der Waals surface area contributed by atoms with Crippen LogP contribution in [0, 0.1) is 0 Å². The molecule has 0 spiro atoms. The van der Waals surface area contributed by atoms with Crippen LogP contribution in [-0.2, 0) is 23.1 Å². The number of benzene rings is 2. The van der Waals surface area contributed by atoms with Crippen LogP contribution in [0.5, 0.6) is 5.75 Å². The number of rotatable bonds is 6. The highest BCUT2D eigenvalue weighted by atomic mass is 79.9. The minimum absolute atomic E-state index is 0.189. The van der Waals surface area contributed by atoms with Gasteiger partial charge in [-0.25, -0.2) is 13.4 Å². The molecule has 138 valence electrons. The van der Waals surface area contributed by atoms with Gasteiger partial charge in [0.1, 0.15) is 11.6 Å². The number of sulfonamides is 1. The number of aromatic nitrogens is 2. The van der Waals surface area contributed by atoms with Crippen LogP contribution in [-0.4, -0.2) is 36.4 Å². The number of imidazole rings is 1. The number of nitrogens with zero attached hydrogens (tertiary/aromatic N) is 3. The first-order valence-corrected chi connectivity index (χ1v) is 10.4. The number of methoxy groups -OCH3 is 1. The van der Waals surface area contributed by atoms with E-state index in [2.05, 4.69) is 20.9 Å².